The summed E-state index contributed by atoms with van der Waals surface area (Å²) in [5.74, 6) is -3.43. The van der Waals surface area contributed by atoms with Crippen molar-refractivity contribution in [2.24, 2.45) is 11.5 Å². The Morgan fingerprint density at radius 2 is 0.893 bits per heavy atom. The predicted octanol–water partition coefficient (Wildman–Crippen LogP) is 9.15. The van der Waals surface area contributed by atoms with Gasteiger partial charge in [-0.2, -0.15) is 20.4 Å². The number of aliphatic hydroxyl groups excluding tert-OH is 1. The fourth-order valence-electron chi connectivity index (χ4n) is 9.24. The quantitative estimate of drug-likeness (QED) is 0.0153. The predicted molar refractivity (Wildman–Crippen MR) is 424 cm³/mol. The average Bonchev–Trinajstić information content (AvgIpc) is 1.59. The molecule has 2 saturated heterocycles. The molecule has 582 valence electrons. The molecule has 0 aliphatic carbocycles. The van der Waals surface area contributed by atoms with Gasteiger partial charge in [0, 0.05) is 85.0 Å². The summed E-state index contributed by atoms with van der Waals surface area (Å²) in [6.45, 7) is 4.33. The van der Waals surface area contributed by atoms with E-state index in [-0.39, 0.29) is 116 Å². The van der Waals surface area contributed by atoms with Crippen LogP contribution in [-0.2, 0) is 39.9 Å². The number of rotatable bonds is 18. The van der Waals surface area contributed by atoms with Crippen molar-refractivity contribution in [3.05, 3.63) is 252 Å². The Labute approximate surface area is 679 Å². The second kappa shape index (κ2) is 48.9. The van der Waals surface area contributed by atoms with E-state index >= 15 is 0 Å². The van der Waals surface area contributed by atoms with Crippen molar-refractivity contribution in [1.29, 1.82) is 5.41 Å². The number of nitrogens with zero attached hydrogens (tertiary/aromatic N) is 12. The van der Waals surface area contributed by atoms with E-state index in [1.54, 1.807) is 60.5 Å². The summed E-state index contributed by atoms with van der Waals surface area (Å²) in [5, 5.41) is 46.6. The minimum atomic E-state index is -0.991. The van der Waals surface area contributed by atoms with Gasteiger partial charge in [-0.05, 0) is 64.0 Å². The van der Waals surface area contributed by atoms with Gasteiger partial charge in [0.25, 0.3) is 23.6 Å². The molecule has 0 radical (unpaired) electrons. The van der Waals surface area contributed by atoms with Gasteiger partial charge in [0.2, 0.25) is 0 Å². The largest absolute Gasteiger partial charge is 1.00 e. The van der Waals surface area contributed by atoms with E-state index in [1.165, 1.54) is 61.0 Å². The number of aromatic nitrogens is 10. The summed E-state index contributed by atoms with van der Waals surface area (Å²) in [4.78, 5) is 113. The molecule has 4 amide bonds. The van der Waals surface area contributed by atoms with Crippen molar-refractivity contribution in [3.63, 3.8) is 0 Å². The summed E-state index contributed by atoms with van der Waals surface area (Å²) in [7, 11) is 0. The first-order chi connectivity index (χ1) is 51.9. The second-order valence-electron chi connectivity index (χ2n) is 21.7. The maximum Gasteiger partial charge on any atom is 1.00 e. The van der Waals surface area contributed by atoms with Crippen LogP contribution in [0.15, 0.2) is 222 Å². The van der Waals surface area contributed by atoms with E-state index in [2.05, 4.69) is 51.2 Å². The molecule has 9 heterocycles. The molecule has 112 heavy (non-hydrogen) atoms. The normalized spacial score (nSPS) is 11.8. The van der Waals surface area contributed by atoms with Gasteiger partial charge in [-0.3, -0.25) is 24.4 Å². The summed E-state index contributed by atoms with van der Waals surface area (Å²) >= 11 is 7.79. The Morgan fingerprint density at radius 1 is 0.545 bits per heavy atom. The number of amides is 4. The van der Waals surface area contributed by atoms with Crippen molar-refractivity contribution in [2.45, 2.75) is 66.8 Å². The molecule has 2 aliphatic rings. The molecule has 2 fully saturated rings. The number of carboxylic acid groups (broad SMARTS) is 1. The van der Waals surface area contributed by atoms with E-state index in [0.29, 0.717) is 44.3 Å². The first-order valence-corrected chi connectivity index (χ1v) is 36.5. The van der Waals surface area contributed by atoms with Crippen molar-refractivity contribution in [3.8, 4) is 50.8 Å². The molecular weight excluding hydrogens is 1580 g/mol. The number of carbonyl (C=O) groups excluding carboxylic acids is 7. The third-order valence-corrected chi connectivity index (χ3v) is 18.5. The molecule has 11 N–H and O–H groups in total. The Kier molecular flexibility index (Phi) is 41.3. The molecule has 0 bridgehead atoms. The molecule has 0 saturated carbocycles. The van der Waals surface area contributed by atoms with Crippen LogP contribution in [0.25, 0.3) is 56.4 Å². The van der Waals surface area contributed by atoms with Crippen LogP contribution in [0, 0.1) is 5.41 Å². The monoisotopic (exact) mass is 1660 g/mol. The standard InChI is InChI=1S/C17H12N4O4S.C15H13N3O2S.C13H9N3O2S.C9H10N2.C9H13NO.C6H6BrNO2S.C4H5NO3.2CH4.Li.2H2O/c22-13-6-7-14(23)21(13)25-17(24)15-16(18-10-26-15)20-9-12(8-19-20)11-4-2-1-3-5-11;1-2-20-15(19)13-14(16-10-21-13)18-9-12(8-17-18)11-6-4-3-5-7-11;17-13(18)11-12(14-8-19-11)16-7-10(6-15-16)9-4-2-1-3-5-9;10-6-9(7-11)8-4-2-1-3-5-8;10-9(7-11)6-8-4-2-1-3-5-8;1-2-10-6(9)4-5(7)8-3-11-4;6-3-1-2-4(7)5(3)8;;;;;/h1-5,8-10H,6-7H2;3-10H,2H2,1H3;1-8H,(H,17,18);1-7,10H,11H2;1-5,9,11H,6-7,10H2;3H,2H2,1H3;8H,1-2H2;2*1H4;;2*1H2/q;;;;;;;;;+1;;/p-1/b;;;9-7+,10-6?;;;;;;;;/t;;;;9-;;;;;;;/m....0......./s1. The third-order valence-electron chi connectivity index (χ3n) is 14.4. The number of nitrogens with two attached hydrogens (primary N) is 2. The first-order valence-electron chi connectivity index (χ1n) is 32.2. The zero-order valence-electron chi connectivity index (χ0n) is 58.9. The molecule has 14 rings (SSSR count). The van der Waals surface area contributed by atoms with Gasteiger partial charge >= 0.3 is 42.7 Å². The number of hydrogen-bond acceptors (Lipinski definition) is 28. The van der Waals surface area contributed by atoms with Crippen LogP contribution in [0.1, 0.15) is 104 Å². The Morgan fingerprint density at radius 3 is 1.24 bits per heavy atom. The van der Waals surface area contributed by atoms with Gasteiger partial charge in [-0.15, -0.1) is 50.4 Å². The smallest absolute Gasteiger partial charge is 0.870 e. The number of aromatic carboxylic acids is 1. The molecule has 7 aromatic heterocycles. The van der Waals surface area contributed by atoms with Crippen LogP contribution in [0.2, 0.25) is 0 Å². The van der Waals surface area contributed by atoms with Crippen molar-refractivity contribution in [2.75, 3.05) is 19.8 Å². The van der Waals surface area contributed by atoms with Crippen LogP contribution < -0.4 is 30.3 Å². The van der Waals surface area contributed by atoms with Gasteiger partial charge in [-0.1, -0.05) is 167 Å². The van der Waals surface area contributed by atoms with Crippen LogP contribution >= 0.6 is 61.3 Å². The fraction of sp³-hybridized carbons (Fsp3) is 0.173. The molecule has 12 aromatic rings. The van der Waals surface area contributed by atoms with Gasteiger partial charge in [0.15, 0.2) is 32.1 Å². The summed E-state index contributed by atoms with van der Waals surface area (Å²) in [6, 6.07) is 48.8. The summed E-state index contributed by atoms with van der Waals surface area (Å²) in [5.41, 5.74) is 25.8. The van der Waals surface area contributed by atoms with E-state index < -0.39 is 35.6 Å². The number of imide groups is 2. The minimum absolute atomic E-state index is 0. The SMILES string of the molecule is C.C.CCOC(=O)c1scnc1-n1cc(-c2ccccc2)cn1.CCOC(=O)c1scnc1Br.N=C/C(=C\N)c1ccccc1.N[C@H](CO)Cc1ccccc1.O.O=C(O)c1scnc1-n1cc(-c2ccccc2)cn1.O=C(ON1C(=O)CCC1=O)c1scnc1-n1cc(-c2ccccc2)cn1.O=C1CCC(=O)N1O.[Li+].[OH-]. The van der Waals surface area contributed by atoms with Crippen molar-refractivity contribution < 1.29 is 97.9 Å². The number of hydroxylamine groups is 4. The second-order valence-corrected chi connectivity index (χ2v) is 25.8. The number of thiazole rings is 4. The number of halogens is 1. The number of benzene rings is 5. The number of carboxylic acids is 1. The number of nitrogens with one attached hydrogen (secondary N) is 1. The number of allylic oxidation sites excluding steroid dienone is 1. The van der Waals surface area contributed by atoms with Crippen LogP contribution in [0.3, 0.4) is 0 Å². The van der Waals surface area contributed by atoms with E-state index in [4.69, 9.17) is 46.6 Å². The average molecular weight is 1660 g/mol. The third kappa shape index (κ3) is 27.2. The molecule has 5 aromatic carbocycles. The molecule has 0 unspecified atom stereocenters. The van der Waals surface area contributed by atoms with Gasteiger partial charge in [0.05, 0.1) is 60.5 Å². The number of aliphatic hydroxyl groups is 1. The number of hydrogen-bond donors (Lipinski definition) is 6. The Hall–Kier alpha value is -11.5. The zero-order chi connectivity index (χ0) is 76.6. The van der Waals surface area contributed by atoms with Crippen molar-refractivity contribution >= 4 is 121 Å². The fourth-order valence-corrected chi connectivity index (χ4v) is 12.4. The van der Waals surface area contributed by atoms with Crippen LogP contribution in [-0.4, -0.2) is 165 Å². The van der Waals surface area contributed by atoms with Gasteiger partial charge in [0.1, 0.15) is 9.48 Å². The maximum atomic E-state index is 12.4. The van der Waals surface area contributed by atoms with Gasteiger partial charge in [-0.25, -0.2) is 53.2 Å². The van der Waals surface area contributed by atoms with Crippen molar-refractivity contribution in [1.82, 2.24) is 59.4 Å². The minimum Gasteiger partial charge on any atom is -0.870 e. The van der Waals surface area contributed by atoms with E-state index in [9.17, 15) is 38.4 Å². The molecule has 2 aliphatic heterocycles. The molecule has 1 atom stereocenters. The van der Waals surface area contributed by atoms with Crippen LogP contribution in [0.5, 0.6) is 0 Å². The Balaban J connectivity index is 0.000000348. The molecule has 0 spiro atoms. The summed E-state index contributed by atoms with van der Waals surface area (Å²) < 4.78 is 14.9. The van der Waals surface area contributed by atoms with E-state index in [1.807, 2.05) is 158 Å². The number of ether oxygens (including phenoxy) is 2. The topological polar surface area (TPSA) is 474 Å². The van der Waals surface area contributed by atoms with Gasteiger partial charge < -0.3 is 52.4 Å². The van der Waals surface area contributed by atoms with E-state index in [0.717, 1.165) is 73.6 Å². The molecule has 31 nitrogen and oxygen atoms in total. The maximum absolute atomic E-state index is 12.4. The summed E-state index contributed by atoms with van der Waals surface area (Å²) in [6.07, 6.45) is 14.3. The number of esters is 2. The zero-order valence-corrected chi connectivity index (χ0v) is 63.8. The molecular formula is C75H79BrLiN15O16S4. The molecule has 37 heteroatoms. The first kappa shape index (κ1) is 94.7. The number of carbonyl (C=O) groups is 8. The van der Waals surface area contributed by atoms with Crippen LogP contribution in [0.4, 0.5) is 0 Å². The Bertz CT molecular complexity index is 4920.